The summed E-state index contributed by atoms with van der Waals surface area (Å²) >= 11 is 0. The Morgan fingerprint density at radius 1 is 0.548 bits per heavy atom. The number of aliphatic hydroxyl groups is 1. The minimum absolute atomic E-state index is 0.0749. The molecule has 0 aliphatic carbocycles. The molecule has 9 heteroatoms. The molecule has 62 heavy (non-hydrogen) atoms. The van der Waals surface area contributed by atoms with E-state index in [-0.39, 0.29) is 19.1 Å². The van der Waals surface area contributed by atoms with Gasteiger partial charge in [-0.2, -0.15) is 0 Å². The van der Waals surface area contributed by atoms with Gasteiger partial charge in [-0.15, -0.1) is 0 Å². The van der Waals surface area contributed by atoms with Crippen LogP contribution in [0.15, 0.2) is 24.3 Å². The van der Waals surface area contributed by atoms with Gasteiger partial charge in [-0.05, 0) is 44.9 Å². The number of nitrogens with one attached hydrogen (secondary N) is 1. The molecule has 0 aromatic heterocycles. The van der Waals surface area contributed by atoms with Crippen molar-refractivity contribution in [3.63, 3.8) is 0 Å². The molecular formula is C53H106N2O6P+. The van der Waals surface area contributed by atoms with Gasteiger partial charge in [0.1, 0.15) is 13.2 Å². The predicted octanol–water partition coefficient (Wildman–Crippen LogP) is 15.6. The molecule has 0 saturated heterocycles. The van der Waals surface area contributed by atoms with Crippen LogP contribution in [0.25, 0.3) is 0 Å². The zero-order chi connectivity index (χ0) is 45.7. The maximum Gasteiger partial charge on any atom is 0.472 e. The highest BCUT2D eigenvalue weighted by Gasteiger charge is 2.28. The topological polar surface area (TPSA) is 105 Å². The number of phosphoric ester groups is 1. The number of aliphatic hydroxyl groups excluding tert-OH is 1. The number of likely N-dealkylation sites (N-methyl/N-ethyl adjacent to an activating group) is 1. The molecule has 1 amide bonds. The third kappa shape index (κ3) is 47.0. The molecule has 0 radical (unpaired) electrons. The second kappa shape index (κ2) is 45.1. The van der Waals surface area contributed by atoms with Crippen LogP contribution in [-0.2, 0) is 18.4 Å². The quantitative estimate of drug-likeness (QED) is 0.0243. The van der Waals surface area contributed by atoms with Gasteiger partial charge in [-0.1, -0.05) is 231 Å². The molecule has 0 heterocycles. The molecule has 0 saturated carbocycles. The average Bonchev–Trinajstić information content (AvgIpc) is 3.23. The summed E-state index contributed by atoms with van der Waals surface area (Å²) in [5.74, 6) is -0.146. The fourth-order valence-electron chi connectivity index (χ4n) is 7.96. The maximum atomic E-state index is 13.0. The average molecular weight is 898 g/mol. The van der Waals surface area contributed by atoms with Crippen LogP contribution in [0.4, 0.5) is 0 Å². The van der Waals surface area contributed by atoms with Gasteiger partial charge < -0.3 is 19.8 Å². The molecule has 0 rings (SSSR count). The molecule has 0 bridgehead atoms. The first-order chi connectivity index (χ1) is 30.0. The molecule has 3 atom stereocenters. The molecule has 0 aliphatic rings. The number of hydrogen-bond donors (Lipinski definition) is 3. The number of phosphoric acid groups is 1. The molecule has 368 valence electrons. The van der Waals surface area contributed by atoms with Crippen molar-refractivity contribution in [3.05, 3.63) is 24.3 Å². The van der Waals surface area contributed by atoms with Crippen molar-refractivity contribution < 1.29 is 32.9 Å². The molecule has 0 aliphatic heterocycles. The third-order valence-electron chi connectivity index (χ3n) is 12.2. The van der Waals surface area contributed by atoms with Crippen LogP contribution in [0, 0.1) is 0 Å². The lowest BCUT2D eigenvalue weighted by molar-refractivity contribution is -0.870. The van der Waals surface area contributed by atoms with E-state index in [2.05, 4.69) is 43.5 Å². The minimum atomic E-state index is -4.32. The van der Waals surface area contributed by atoms with Gasteiger partial charge in [0.25, 0.3) is 0 Å². The molecule has 0 aromatic carbocycles. The fraction of sp³-hybridized carbons (Fsp3) is 0.906. The van der Waals surface area contributed by atoms with Gasteiger partial charge in [-0.25, -0.2) is 4.57 Å². The number of rotatable bonds is 49. The van der Waals surface area contributed by atoms with Crippen molar-refractivity contribution in [2.45, 2.75) is 270 Å². The van der Waals surface area contributed by atoms with Crippen molar-refractivity contribution in [1.82, 2.24) is 5.32 Å². The summed E-state index contributed by atoms with van der Waals surface area (Å²) in [5.41, 5.74) is 0. The Kier molecular flexibility index (Phi) is 44.4. The zero-order valence-electron chi connectivity index (χ0n) is 41.9. The van der Waals surface area contributed by atoms with Crippen molar-refractivity contribution in [2.24, 2.45) is 0 Å². The van der Waals surface area contributed by atoms with Crippen LogP contribution in [-0.4, -0.2) is 73.4 Å². The Hall–Kier alpha value is -1.02. The lowest BCUT2D eigenvalue weighted by Gasteiger charge is -2.26. The Balaban J connectivity index is 4.23. The monoisotopic (exact) mass is 898 g/mol. The van der Waals surface area contributed by atoms with E-state index in [1.807, 2.05) is 21.1 Å². The van der Waals surface area contributed by atoms with Crippen molar-refractivity contribution in [1.29, 1.82) is 0 Å². The largest absolute Gasteiger partial charge is 0.472 e. The smallest absolute Gasteiger partial charge is 0.391 e. The van der Waals surface area contributed by atoms with Crippen molar-refractivity contribution >= 4 is 13.7 Å². The van der Waals surface area contributed by atoms with E-state index in [0.29, 0.717) is 23.9 Å². The third-order valence-corrected chi connectivity index (χ3v) is 13.2. The summed E-state index contributed by atoms with van der Waals surface area (Å²) in [7, 11) is 1.62. The number of unbranched alkanes of at least 4 members (excludes halogenated alkanes) is 32. The number of nitrogens with zero attached hydrogens (tertiary/aromatic N) is 1. The Bertz CT molecular complexity index is 1060. The second-order valence-corrected chi connectivity index (χ2v) is 21.1. The van der Waals surface area contributed by atoms with Crippen LogP contribution < -0.4 is 5.32 Å². The highest BCUT2D eigenvalue weighted by atomic mass is 31.2. The number of allylic oxidation sites excluding steroid dienone is 4. The number of hydrogen-bond acceptors (Lipinski definition) is 5. The second-order valence-electron chi connectivity index (χ2n) is 19.6. The molecule has 8 nitrogen and oxygen atoms in total. The lowest BCUT2D eigenvalue weighted by Crippen LogP contribution is -2.46. The van der Waals surface area contributed by atoms with Gasteiger partial charge in [0.2, 0.25) is 5.91 Å². The van der Waals surface area contributed by atoms with E-state index in [4.69, 9.17) is 9.05 Å². The predicted molar refractivity (Wildman–Crippen MR) is 268 cm³/mol. The first kappa shape index (κ1) is 61.0. The van der Waals surface area contributed by atoms with E-state index in [9.17, 15) is 19.4 Å². The summed E-state index contributed by atoms with van der Waals surface area (Å²) in [5, 5.41) is 14.0. The highest BCUT2D eigenvalue weighted by molar-refractivity contribution is 7.47. The van der Waals surface area contributed by atoms with Crippen LogP contribution in [0.3, 0.4) is 0 Å². The molecular weight excluding hydrogens is 792 g/mol. The van der Waals surface area contributed by atoms with Crippen LogP contribution >= 0.6 is 7.82 Å². The normalized spacial score (nSPS) is 14.2. The van der Waals surface area contributed by atoms with Crippen molar-refractivity contribution in [3.8, 4) is 0 Å². The molecule has 3 unspecified atom stereocenters. The molecule has 0 fully saturated rings. The number of amides is 1. The number of carbonyl (C=O) groups is 1. The van der Waals surface area contributed by atoms with E-state index < -0.39 is 20.0 Å². The van der Waals surface area contributed by atoms with Gasteiger partial charge in [0.15, 0.2) is 0 Å². The summed E-state index contributed by atoms with van der Waals surface area (Å²) in [6, 6.07) is -0.761. The van der Waals surface area contributed by atoms with Crippen LogP contribution in [0.1, 0.15) is 258 Å². The fourth-order valence-corrected chi connectivity index (χ4v) is 8.70. The SMILES string of the molecule is CCCCCCC/C=C\C/C=C\CCCCCCCCCCCC(=O)NC(COP(=O)(O)OCC[N+](C)(C)C)C(O)CCCCCCCCCCCCCCCCCCCCC. The number of carbonyl (C=O) groups excluding carboxylic acids is 1. The van der Waals surface area contributed by atoms with Gasteiger partial charge in [0.05, 0.1) is 39.9 Å². The summed E-state index contributed by atoms with van der Waals surface area (Å²) < 4.78 is 23.7. The number of quaternary nitrogens is 1. The van der Waals surface area contributed by atoms with E-state index in [1.165, 1.54) is 186 Å². The van der Waals surface area contributed by atoms with Gasteiger partial charge >= 0.3 is 7.82 Å². The highest BCUT2D eigenvalue weighted by Crippen LogP contribution is 2.43. The molecule has 0 spiro atoms. The lowest BCUT2D eigenvalue weighted by atomic mass is 10.0. The van der Waals surface area contributed by atoms with Crippen LogP contribution in [0.5, 0.6) is 0 Å². The first-order valence-corrected chi connectivity index (χ1v) is 28.2. The zero-order valence-corrected chi connectivity index (χ0v) is 42.8. The van der Waals surface area contributed by atoms with E-state index in [1.54, 1.807) is 0 Å². The maximum absolute atomic E-state index is 13.0. The van der Waals surface area contributed by atoms with Crippen LogP contribution in [0.2, 0.25) is 0 Å². The van der Waals surface area contributed by atoms with Gasteiger partial charge in [-0.3, -0.25) is 13.8 Å². The van der Waals surface area contributed by atoms with Crippen molar-refractivity contribution in [2.75, 3.05) is 40.9 Å². The Labute approximate surface area is 385 Å². The van der Waals surface area contributed by atoms with E-state index in [0.717, 1.165) is 44.9 Å². The summed E-state index contributed by atoms with van der Waals surface area (Å²) in [6.07, 6.45) is 55.0. The first-order valence-electron chi connectivity index (χ1n) is 26.7. The summed E-state index contributed by atoms with van der Waals surface area (Å²) in [4.78, 5) is 23.3. The standard InChI is InChI=1S/C53H105N2O6P/c1-6-8-10-12-14-16-18-20-22-24-26-27-29-31-33-35-37-39-41-43-45-47-53(57)54-51(50-61-62(58,59)60-49-48-55(3,4)5)52(56)46-44-42-40-38-36-34-32-30-28-25-23-21-19-17-15-13-11-9-7-2/h18,20,24,26,51-52,56H,6-17,19,21-23,25,27-50H2,1-5H3,(H-,54,57,58,59)/p+1/b20-18-,26-24-. The molecule has 0 aromatic rings. The van der Waals surface area contributed by atoms with E-state index >= 15 is 0 Å². The molecule has 3 N–H and O–H groups in total. The minimum Gasteiger partial charge on any atom is -0.391 e. The van der Waals surface area contributed by atoms with Gasteiger partial charge in [0, 0.05) is 6.42 Å². The Morgan fingerprint density at radius 3 is 1.32 bits per heavy atom. The Morgan fingerprint density at radius 2 is 0.919 bits per heavy atom. The summed E-state index contributed by atoms with van der Waals surface area (Å²) in [6.45, 7) is 4.90.